The number of carbonyl (C=O) groups excluding carboxylic acids is 1. The number of hydrogen-bond donors (Lipinski definition) is 0. The Hall–Kier alpha value is -1.58. The molecule has 4 heteroatoms. The highest BCUT2D eigenvalue weighted by molar-refractivity contribution is 5.70. The van der Waals surface area contributed by atoms with Crippen LogP contribution >= 0.6 is 0 Å². The molecule has 0 aromatic rings. The molecule has 0 fully saturated rings. The molecule has 0 N–H and O–H groups in total. The van der Waals surface area contributed by atoms with Gasteiger partial charge in [0.05, 0.1) is 6.61 Å². The van der Waals surface area contributed by atoms with Crippen molar-refractivity contribution in [3.05, 3.63) is 36.9 Å². The van der Waals surface area contributed by atoms with Crippen LogP contribution in [0.1, 0.15) is 6.92 Å². The van der Waals surface area contributed by atoms with E-state index in [1.54, 1.807) is 6.92 Å². The minimum atomic E-state index is -0.755. The van der Waals surface area contributed by atoms with Crippen molar-refractivity contribution in [1.82, 2.24) is 0 Å². The Morgan fingerprint density at radius 2 is 2.14 bits per heavy atom. The third kappa shape index (κ3) is 5.13. The summed E-state index contributed by atoms with van der Waals surface area (Å²) in [7, 11) is 0. The first-order valence-electron chi connectivity index (χ1n) is 4.07. The van der Waals surface area contributed by atoms with E-state index < -0.39 is 11.8 Å². The standard InChI is InChI=1S/C10H13FO3/c1-4-6-9(8(3)11)14-7-10(12)13-5-2/h4,6H,1,3,5,7H2,2H3/b9-6+. The summed E-state index contributed by atoms with van der Waals surface area (Å²) in [5.41, 5.74) is 0. The summed E-state index contributed by atoms with van der Waals surface area (Å²) in [5, 5.41) is 0. The van der Waals surface area contributed by atoms with E-state index in [4.69, 9.17) is 4.74 Å². The van der Waals surface area contributed by atoms with Crippen molar-refractivity contribution in [2.75, 3.05) is 13.2 Å². The molecular weight excluding hydrogens is 187 g/mol. The van der Waals surface area contributed by atoms with Gasteiger partial charge in [0.2, 0.25) is 0 Å². The van der Waals surface area contributed by atoms with Crippen LogP contribution in [0, 0.1) is 0 Å². The Morgan fingerprint density at radius 1 is 1.50 bits per heavy atom. The van der Waals surface area contributed by atoms with E-state index in [0.717, 1.165) is 0 Å². The van der Waals surface area contributed by atoms with Crippen molar-refractivity contribution >= 4 is 5.97 Å². The van der Waals surface area contributed by atoms with Gasteiger partial charge in [-0.25, -0.2) is 9.18 Å². The molecule has 0 bridgehead atoms. The van der Waals surface area contributed by atoms with Gasteiger partial charge in [0.1, 0.15) is 0 Å². The van der Waals surface area contributed by atoms with Crippen molar-refractivity contribution < 1.29 is 18.7 Å². The number of ether oxygens (including phenoxy) is 2. The molecule has 0 spiro atoms. The normalized spacial score (nSPS) is 10.6. The first-order chi connectivity index (χ1) is 6.61. The Bertz CT molecular complexity index is 256. The average Bonchev–Trinajstić information content (AvgIpc) is 2.12. The van der Waals surface area contributed by atoms with Gasteiger partial charge in [0.15, 0.2) is 18.2 Å². The third-order valence-electron chi connectivity index (χ3n) is 1.19. The van der Waals surface area contributed by atoms with Crippen molar-refractivity contribution in [2.24, 2.45) is 0 Å². The van der Waals surface area contributed by atoms with Crippen LogP contribution in [0.2, 0.25) is 0 Å². The van der Waals surface area contributed by atoms with Gasteiger partial charge in [-0.1, -0.05) is 19.2 Å². The molecule has 0 aromatic carbocycles. The van der Waals surface area contributed by atoms with Crippen LogP contribution in [0.25, 0.3) is 0 Å². The van der Waals surface area contributed by atoms with Crippen molar-refractivity contribution in [3.8, 4) is 0 Å². The summed E-state index contributed by atoms with van der Waals surface area (Å²) >= 11 is 0. The maximum absolute atomic E-state index is 12.6. The number of carbonyl (C=O) groups is 1. The smallest absolute Gasteiger partial charge is 0.344 e. The lowest BCUT2D eigenvalue weighted by atomic mass is 10.4. The lowest BCUT2D eigenvalue weighted by Crippen LogP contribution is -2.12. The van der Waals surface area contributed by atoms with Crippen LogP contribution in [-0.4, -0.2) is 19.2 Å². The highest BCUT2D eigenvalue weighted by atomic mass is 19.1. The zero-order valence-electron chi connectivity index (χ0n) is 8.09. The molecule has 0 amide bonds. The number of rotatable bonds is 6. The highest BCUT2D eigenvalue weighted by Gasteiger charge is 2.06. The molecule has 0 saturated heterocycles. The Labute approximate surface area is 82.5 Å². The van der Waals surface area contributed by atoms with E-state index in [9.17, 15) is 9.18 Å². The summed E-state index contributed by atoms with van der Waals surface area (Å²) in [5.74, 6) is -1.43. The van der Waals surface area contributed by atoms with Crippen LogP contribution in [-0.2, 0) is 14.3 Å². The summed E-state index contributed by atoms with van der Waals surface area (Å²) in [4.78, 5) is 10.8. The van der Waals surface area contributed by atoms with Gasteiger partial charge in [-0.3, -0.25) is 0 Å². The number of allylic oxidation sites excluding steroid dienone is 3. The van der Waals surface area contributed by atoms with Crippen LogP contribution < -0.4 is 0 Å². The highest BCUT2D eigenvalue weighted by Crippen LogP contribution is 2.10. The van der Waals surface area contributed by atoms with Gasteiger partial charge in [-0.15, -0.1) is 0 Å². The second-order valence-corrected chi connectivity index (χ2v) is 2.27. The maximum Gasteiger partial charge on any atom is 0.344 e. The Morgan fingerprint density at radius 3 is 2.57 bits per heavy atom. The van der Waals surface area contributed by atoms with E-state index in [0.29, 0.717) is 0 Å². The maximum atomic E-state index is 12.6. The molecule has 0 unspecified atom stereocenters. The van der Waals surface area contributed by atoms with Crippen LogP contribution in [0.5, 0.6) is 0 Å². The van der Waals surface area contributed by atoms with Gasteiger partial charge in [-0.2, -0.15) is 0 Å². The van der Waals surface area contributed by atoms with Gasteiger partial charge < -0.3 is 9.47 Å². The van der Waals surface area contributed by atoms with Gasteiger partial charge in [-0.05, 0) is 13.0 Å². The van der Waals surface area contributed by atoms with E-state index >= 15 is 0 Å². The molecular formula is C10H13FO3. The number of hydrogen-bond acceptors (Lipinski definition) is 3. The number of halogens is 1. The SMILES string of the molecule is C=C/C=C(/OCC(=O)OCC)C(=C)F. The Kier molecular flexibility index (Phi) is 6.11. The summed E-state index contributed by atoms with van der Waals surface area (Å²) in [6.45, 7) is 8.00. The average molecular weight is 200 g/mol. The van der Waals surface area contributed by atoms with Gasteiger partial charge in [0.25, 0.3) is 0 Å². The molecule has 0 aliphatic rings. The molecule has 0 rings (SSSR count). The molecule has 0 radical (unpaired) electrons. The predicted octanol–water partition coefficient (Wildman–Crippen LogP) is 2.12. The van der Waals surface area contributed by atoms with E-state index in [1.807, 2.05) is 0 Å². The van der Waals surface area contributed by atoms with Crippen LogP contribution in [0.15, 0.2) is 36.9 Å². The van der Waals surface area contributed by atoms with Gasteiger partial charge >= 0.3 is 5.97 Å². The predicted molar refractivity (Wildman–Crippen MR) is 51.1 cm³/mol. The molecule has 0 saturated carbocycles. The fourth-order valence-electron chi connectivity index (χ4n) is 0.663. The summed E-state index contributed by atoms with van der Waals surface area (Å²) < 4.78 is 22.0. The lowest BCUT2D eigenvalue weighted by Gasteiger charge is -2.06. The fraction of sp³-hybridized carbons (Fsp3) is 0.300. The summed E-state index contributed by atoms with van der Waals surface area (Å²) in [6.07, 6.45) is 2.62. The molecule has 78 valence electrons. The van der Waals surface area contributed by atoms with Crippen molar-refractivity contribution in [2.45, 2.75) is 6.92 Å². The van der Waals surface area contributed by atoms with Crippen molar-refractivity contribution in [3.63, 3.8) is 0 Å². The topological polar surface area (TPSA) is 35.5 Å². The third-order valence-corrected chi connectivity index (χ3v) is 1.19. The fourth-order valence-corrected chi connectivity index (χ4v) is 0.663. The minimum absolute atomic E-state index is 0.118. The minimum Gasteiger partial charge on any atom is -0.479 e. The zero-order chi connectivity index (χ0) is 11.0. The lowest BCUT2D eigenvalue weighted by molar-refractivity contribution is -0.146. The monoisotopic (exact) mass is 200 g/mol. The van der Waals surface area contributed by atoms with E-state index in [-0.39, 0.29) is 19.0 Å². The summed E-state index contributed by atoms with van der Waals surface area (Å²) in [6, 6.07) is 0. The van der Waals surface area contributed by atoms with Crippen molar-refractivity contribution in [1.29, 1.82) is 0 Å². The zero-order valence-corrected chi connectivity index (χ0v) is 8.09. The molecule has 0 aliphatic carbocycles. The van der Waals surface area contributed by atoms with E-state index in [1.165, 1.54) is 12.2 Å². The molecule has 0 aromatic heterocycles. The molecule has 0 atom stereocenters. The molecule has 3 nitrogen and oxygen atoms in total. The van der Waals surface area contributed by atoms with Gasteiger partial charge in [0, 0.05) is 0 Å². The van der Waals surface area contributed by atoms with Crippen LogP contribution in [0.3, 0.4) is 0 Å². The first-order valence-corrected chi connectivity index (χ1v) is 4.07. The Balaban J connectivity index is 4.07. The largest absolute Gasteiger partial charge is 0.479 e. The van der Waals surface area contributed by atoms with E-state index in [2.05, 4.69) is 17.9 Å². The second-order valence-electron chi connectivity index (χ2n) is 2.27. The molecule has 14 heavy (non-hydrogen) atoms. The molecule has 0 aliphatic heterocycles. The first kappa shape index (κ1) is 12.4. The number of esters is 1. The quantitative estimate of drug-likeness (QED) is 0.374. The second kappa shape index (κ2) is 6.88. The molecule has 0 heterocycles. The van der Waals surface area contributed by atoms with Crippen LogP contribution in [0.4, 0.5) is 4.39 Å².